The van der Waals surface area contributed by atoms with Crippen molar-refractivity contribution < 1.29 is 4.79 Å². The average Bonchev–Trinajstić information content (AvgIpc) is 2.88. The quantitative estimate of drug-likeness (QED) is 0.831. The fourth-order valence-electron chi connectivity index (χ4n) is 3.45. The van der Waals surface area contributed by atoms with Gasteiger partial charge in [0.05, 0.1) is 5.69 Å². The fraction of sp³-hybridized carbons (Fsp3) is 0.647. The van der Waals surface area contributed by atoms with E-state index in [0.717, 1.165) is 5.69 Å². The highest BCUT2D eigenvalue weighted by Gasteiger charge is 2.26. The summed E-state index contributed by atoms with van der Waals surface area (Å²) in [5, 5.41) is 4.35. The van der Waals surface area contributed by atoms with E-state index in [2.05, 4.69) is 10.00 Å². The summed E-state index contributed by atoms with van der Waals surface area (Å²) < 4.78 is 3.35. The predicted molar refractivity (Wildman–Crippen MR) is 97.0 cm³/mol. The minimum atomic E-state index is -0.0647. The van der Waals surface area contributed by atoms with E-state index in [1.165, 1.54) is 0 Å². The molecule has 3 heterocycles. The van der Waals surface area contributed by atoms with Crippen LogP contribution in [0.3, 0.4) is 0 Å². The number of rotatable bonds is 3. The first-order valence-electron chi connectivity index (χ1n) is 8.83. The molecule has 1 aliphatic rings. The number of hydrogen-bond donors (Lipinski definition) is 0. The fourth-order valence-corrected chi connectivity index (χ4v) is 3.45. The maximum absolute atomic E-state index is 13.1. The summed E-state index contributed by atoms with van der Waals surface area (Å²) in [6, 6.07) is -0.00934. The number of carbonyl (C=O) groups is 1. The van der Waals surface area contributed by atoms with Crippen molar-refractivity contribution in [1.29, 1.82) is 0 Å². The number of carbonyl (C=O) groups excluding carboxylic acids is 1. The van der Waals surface area contributed by atoms with E-state index in [1.54, 1.807) is 16.3 Å². The SMILES string of the molecule is CCC(=O)N1CCN(c2nc3c(C)nn(C)c3c(=O)n2C(C)C)CC1. The summed E-state index contributed by atoms with van der Waals surface area (Å²) in [5.41, 5.74) is 1.89. The van der Waals surface area contributed by atoms with Crippen molar-refractivity contribution in [2.75, 3.05) is 31.1 Å². The van der Waals surface area contributed by atoms with Crippen LogP contribution < -0.4 is 10.5 Å². The Balaban J connectivity index is 2.04. The number of aryl methyl sites for hydroxylation is 2. The molecule has 0 unspecified atom stereocenters. The van der Waals surface area contributed by atoms with E-state index < -0.39 is 0 Å². The second-order valence-corrected chi connectivity index (χ2v) is 6.81. The van der Waals surface area contributed by atoms with Gasteiger partial charge in [0.2, 0.25) is 11.9 Å². The zero-order chi connectivity index (χ0) is 18.3. The minimum Gasteiger partial charge on any atom is -0.339 e. The molecule has 0 aliphatic carbocycles. The molecule has 1 aliphatic heterocycles. The van der Waals surface area contributed by atoms with Gasteiger partial charge in [-0.25, -0.2) is 4.98 Å². The maximum atomic E-state index is 13.1. The molecule has 3 rings (SSSR count). The zero-order valence-electron chi connectivity index (χ0n) is 15.6. The van der Waals surface area contributed by atoms with E-state index in [4.69, 9.17) is 4.98 Å². The minimum absolute atomic E-state index is 0.00934. The van der Waals surface area contributed by atoms with Crippen LogP contribution in [0.4, 0.5) is 5.95 Å². The van der Waals surface area contributed by atoms with Crippen LogP contribution in [-0.4, -0.2) is 56.3 Å². The number of fused-ring (bicyclic) bond motifs is 1. The van der Waals surface area contributed by atoms with Crippen molar-refractivity contribution in [2.45, 2.75) is 40.2 Å². The Morgan fingerprint density at radius 2 is 1.84 bits per heavy atom. The molecule has 1 fully saturated rings. The van der Waals surface area contributed by atoms with Crippen LogP contribution >= 0.6 is 0 Å². The Labute approximate surface area is 147 Å². The third-order valence-electron chi connectivity index (χ3n) is 4.77. The average molecular weight is 346 g/mol. The van der Waals surface area contributed by atoms with E-state index in [9.17, 15) is 9.59 Å². The van der Waals surface area contributed by atoms with Crippen molar-refractivity contribution in [3.8, 4) is 0 Å². The lowest BCUT2D eigenvalue weighted by atomic mass is 10.2. The molecule has 0 bridgehead atoms. The van der Waals surface area contributed by atoms with Gasteiger partial charge in [-0.05, 0) is 20.8 Å². The topological polar surface area (TPSA) is 76.3 Å². The highest BCUT2D eigenvalue weighted by Crippen LogP contribution is 2.21. The van der Waals surface area contributed by atoms with E-state index >= 15 is 0 Å². The number of amides is 1. The van der Waals surface area contributed by atoms with Crippen LogP contribution in [0.25, 0.3) is 11.0 Å². The van der Waals surface area contributed by atoms with Crippen LogP contribution in [0.2, 0.25) is 0 Å². The third kappa shape index (κ3) is 2.89. The molecule has 0 atom stereocenters. The van der Waals surface area contributed by atoms with Crippen molar-refractivity contribution in [1.82, 2.24) is 24.2 Å². The van der Waals surface area contributed by atoms with Gasteiger partial charge in [0.25, 0.3) is 5.56 Å². The van der Waals surface area contributed by atoms with Crippen molar-refractivity contribution in [3.63, 3.8) is 0 Å². The second kappa shape index (κ2) is 6.50. The first-order valence-corrected chi connectivity index (χ1v) is 8.83. The number of anilines is 1. The van der Waals surface area contributed by atoms with Gasteiger partial charge in [0.1, 0.15) is 5.52 Å². The molecule has 0 aromatic carbocycles. The van der Waals surface area contributed by atoms with Gasteiger partial charge in [-0.3, -0.25) is 18.8 Å². The first kappa shape index (κ1) is 17.4. The molecule has 8 nitrogen and oxygen atoms in total. The highest BCUT2D eigenvalue weighted by molar-refractivity contribution is 5.78. The van der Waals surface area contributed by atoms with Crippen LogP contribution in [0.5, 0.6) is 0 Å². The Bertz CT molecular complexity index is 858. The smallest absolute Gasteiger partial charge is 0.281 e. The van der Waals surface area contributed by atoms with Gasteiger partial charge in [-0.1, -0.05) is 6.92 Å². The van der Waals surface area contributed by atoms with Crippen LogP contribution in [-0.2, 0) is 11.8 Å². The molecule has 2 aromatic rings. The Morgan fingerprint density at radius 1 is 1.20 bits per heavy atom. The Morgan fingerprint density at radius 3 is 2.40 bits per heavy atom. The molecule has 8 heteroatoms. The molecule has 136 valence electrons. The van der Waals surface area contributed by atoms with Crippen LogP contribution in [0.1, 0.15) is 38.9 Å². The van der Waals surface area contributed by atoms with E-state index in [0.29, 0.717) is 49.6 Å². The van der Waals surface area contributed by atoms with Crippen molar-refractivity contribution >= 4 is 22.9 Å². The molecule has 1 saturated heterocycles. The Kier molecular flexibility index (Phi) is 4.53. The summed E-state index contributed by atoms with van der Waals surface area (Å²) in [5.74, 6) is 0.847. The van der Waals surface area contributed by atoms with E-state index in [-0.39, 0.29) is 17.5 Å². The summed E-state index contributed by atoms with van der Waals surface area (Å²) in [6.07, 6.45) is 0.524. The number of aromatic nitrogens is 4. The third-order valence-corrected chi connectivity index (χ3v) is 4.77. The van der Waals surface area contributed by atoms with Gasteiger partial charge in [0.15, 0.2) is 5.52 Å². The maximum Gasteiger partial charge on any atom is 0.281 e. The van der Waals surface area contributed by atoms with Crippen molar-refractivity contribution in [2.24, 2.45) is 7.05 Å². The number of nitrogens with zero attached hydrogens (tertiary/aromatic N) is 6. The van der Waals surface area contributed by atoms with Crippen LogP contribution in [0, 0.1) is 6.92 Å². The molecule has 1 amide bonds. The highest BCUT2D eigenvalue weighted by atomic mass is 16.2. The molecule has 0 radical (unpaired) electrons. The van der Waals surface area contributed by atoms with Gasteiger partial charge in [0, 0.05) is 45.7 Å². The standard InChI is InChI=1S/C17H26N6O2/c1-6-13(24)21-7-9-22(10-8-21)17-18-14-12(4)19-20(5)15(14)16(25)23(17)11(2)3/h11H,6-10H2,1-5H3. The monoisotopic (exact) mass is 346 g/mol. The molecular weight excluding hydrogens is 320 g/mol. The summed E-state index contributed by atoms with van der Waals surface area (Å²) in [7, 11) is 1.78. The number of piperazine rings is 1. The lowest BCUT2D eigenvalue weighted by Crippen LogP contribution is -2.50. The summed E-state index contributed by atoms with van der Waals surface area (Å²) >= 11 is 0. The lowest BCUT2D eigenvalue weighted by Gasteiger charge is -2.36. The normalized spacial score (nSPS) is 15.4. The largest absolute Gasteiger partial charge is 0.339 e. The lowest BCUT2D eigenvalue weighted by molar-refractivity contribution is -0.131. The van der Waals surface area contributed by atoms with E-state index in [1.807, 2.05) is 32.6 Å². The summed E-state index contributed by atoms with van der Waals surface area (Å²) in [4.78, 5) is 33.7. The van der Waals surface area contributed by atoms with Crippen molar-refractivity contribution in [3.05, 3.63) is 16.0 Å². The van der Waals surface area contributed by atoms with Gasteiger partial charge >= 0.3 is 0 Å². The summed E-state index contributed by atoms with van der Waals surface area (Å²) in [6.45, 7) is 10.4. The van der Waals surface area contributed by atoms with Gasteiger partial charge in [-0.15, -0.1) is 0 Å². The molecule has 0 N–H and O–H groups in total. The predicted octanol–water partition coefficient (Wildman–Crippen LogP) is 1.08. The second-order valence-electron chi connectivity index (χ2n) is 6.81. The molecule has 2 aromatic heterocycles. The Hall–Kier alpha value is -2.38. The molecule has 25 heavy (non-hydrogen) atoms. The molecular formula is C17H26N6O2. The van der Waals surface area contributed by atoms with Gasteiger partial charge in [-0.2, -0.15) is 5.10 Å². The zero-order valence-corrected chi connectivity index (χ0v) is 15.6. The van der Waals surface area contributed by atoms with Gasteiger partial charge < -0.3 is 9.80 Å². The van der Waals surface area contributed by atoms with Crippen LogP contribution in [0.15, 0.2) is 4.79 Å². The number of hydrogen-bond acceptors (Lipinski definition) is 5. The molecule has 0 saturated carbocycles. The molecule has 0 spiro atoms. The first-order chi connectivity index (χ1) is 11.8.